The Balaban J connectivity index is 2.44. The molecule has 0 bridgehead atoms. The van der Waals surface area contributed by atoms with E-state index in [9.17, 15) is 13.2 Å². The van der Waals surface area contributed by atoms with E-state index in [0.717, 1.165) is 17.9 Å². The molecule has 0 saturated carbocycles. The third-order valence-corrected chi connectivity index (χ3v) is 5.15. The summed E-state index contributed by atoms with van der Waals surface area (Å²) in [4.78, 5) is 13.7. The van der Waals surface area contributed by atoms with Gasteiger partial charge in [0.15, 0.2) is 0 Å². The summed E-state index contributed by atoms with van der Waals surface area (Å²) in [5, 5.41) is 0. The molecule has 1 rings (SSSR count). The second-order valence-corrected chi connectivity index (χ2v) is 7.72. The van der Waals surface area contributed by atoms with E-state index in [4.69, 9.17) is 0 Å². The minimum absolute atomic E-state index is 0.145. The number of thioether (sulfide) groups is 1. The van der Waals surface area contributed by atoms with Crippen molar-refractivity contribution in [2.45, 2.75) is 19.8 Å². The van der Waals surface area contributed by atoms with Crippen molar-refractivity contribution in [1.82, 2.24) is 9.21 Å². The molecule has 0 aromatic carbocycles. The third kappa shape index (κ3) is 5.16. The molecule has 1 aliphatic heterocycles. The normalized spacial score (nSPS) is 18.7. The van der Waals surface area contributed by atoms with E-state index in [0.29, 0.717) is 32.6 Å². The SMILES string of the molecule is CCSCCC(=O)N1CCCN(S(C)(=O)=O)CC1. The molecule has 0 radical (unpaired) electrons. The fourth-order valence-electron chi connectivity index (χ4n) is 1.94. The van der Waals surface area contributed by atoms with Gasteiger partial charge in [0.25, 0.3) is 0 Å². The van der Waals surface area contributed by atoms with Gasteiger partial charge in [-0.3, -0.25) is 4.79 Å². The maximum Gasteiger partial charge on any atom is 0.223 e. The van der Waals surface area contributed by atoms with Crippen molar-refractivity contribution in [2.24, 2.45) is 0 Å². The van der Waals surface area contributed by atoms with Crippen LogP contribution >= 0.6 is 11.8 Å². The lowest BCUT2D eigenvalue weighted by atomic mass is 10.3. The Morgan fingerprint density at radius 1 is 1.22 bits per heavy atom. The molecule has 18 heavy (non-hydrogen) atoms. The Morgan fingerprint density at radius 2 is 1.94 bits per heavy atom. The average Bonchev–Trinajstić information content (AvgIpc) is 2.54. The van der Waals surface area contributed by atoms with Crippen LogP contribution in [0.1, 0.15) is 19.8 Å². The van der Waals surface area contributed by atoms with Gasteiger partial charge in [0.2, 0.25) is 15.9 Å². The molecule has 0 aromatic heterocycles. The predicted molar refractivity (Wildman–Crippen MR) is 75.2 cm³/mol. The maximum absolute atomic E-state index is 11.9. The minimum Gasteiger partial charge on any atom is -0.341 e. The van der Waals surface area contributed by atoms with Gasteiger partial charge in [-0.1, -0.05) is 6.92 Å². The first-order valence-corrected chi connectivity index (χ1v) is 9.26. The number of carbonyl (C=O) groups excluding carboxylic acids is 1. The number of rotatable bonds is 5. The van der Waals surface area contributed by atoms with Gasteiger partial charge in [-0.05, 0) is 12.2 Å². The van der Waals surface area contributed by atoms with Crippen LogP contribution in [0.3, 0.4) is 0 Å². The Kier molecular flexibility index (Phi) is 6.45. The van der Waals surface area contributed by atoms with Crippen LogP contribution in [0.15, 0.2) is 0 Å². The van der Waals surface area contributed by atoms with E-state index >= 15 is 0 Å². The molecule has 1 heterocycles. The van der Waals surface area contributed by atoms with E-state index in [1.54, 1.807) is 16.7 Å². The van der Waals surface area contributed by atoms with Crippen molar-refractivity contribution < 1.29 is 13.2 Å². The number of hydrogen-bond donors (Lipinski definition) is 0. The van der Waals surface area contributed by atoms with Crippen molar-refractivity contribution in [3.8, 4) is 0 Å². The first kappa shape index (κ1) is 15.8. The fourth-order valence-corrected chi connectivity index (χ4v) is 3.42. The van der Waals surface area contributed by atoms with E-state index in [1.165, 1.54) is 10.6 Å². The van der Waals surface area contributed by atoms with E-state index in [1.807, 2.05) is 0 Å². The Morgan fingerprint density at radius 3 is 2.56 bits per heavy atom. The summed E-state index contributed by atoms with van der Waals surface area (Å²) >= 11 is 1.76. The Labute approximate surface area is 114 Å². The van der Waals surface area contributed by atoms with Gasteiger partial charge in [0.1, 0.15) is 0 Å². The lowest BCUT2D eigenvalue weighted by molar-refractivity contribution is -0.130. The molecule has 106 valence electrons. The molecule has 0 spiro atoms. The molecular formula is C11H22N2O3S2. The van der Waals surface area contributed by atoms with E-state index in [2.05, 4.69) is 6.92 Å². The van der Waals surface area contributed by atoms with Gasteiger partial charge in [0.05, 0.1) is 6.26 Å². The highest BCUT2D eigenvalue weighted by Gasteiger charge is 2.23. The summed E-state index contributed by atoms with van der Waals surface area (Å²) in [6.07, 6.45) is 2.50. The molecule has 7 heteroatoms. The zero-order valence-electron chi connectivity index (χ0n) is 11.1. The predicted octanol–water partition coefficient (Wildman–Crippen LogP) is 0.624. The minimum atomic E-state index is -3.13. The Hall–Kier alpha value is -0.270. The fraction of sp³-hybridized carbons (Fsp3) is 0.909. The van der Waals surface area contributed by atoms with E-state index in [-0.39, 0.29) is 5.91 Å². The zero-order valence-corrected chi connectivity index (χ0v) is 12.7. The van der Waals surface area contributed by atoms with Crippen molar-refractivity contribution in [2.75, 3.05) is 43.9 Å². The monoisotopic (exact) mass is 294 g/mol. The molecule has 0 aromatic rings. The van der Waals surface area contributed by atoms with Crippen LogP contribution in [0.2, 0.25) is 0 Å². The number of sulfonamides is 1. The van der Waals surface area contributed by atoms with Crippen LogP contribution in [0.5, 0.6) is 0 Å². The highest BCUT2D eigenvalue weighted by molar-refractivity contribution is 7.99. The Bertz CT molecular complexity index is 370. The molecule has 0 aliphatic carbocycles. The van der Waals surface area contributed by atoms with Gasteiger partial charge >= 0.3 is 0 Å². The van der Waals surface area contributed by atoms with Crippen molar-refractivity contribution >= 4 is 27.7 Å². The highest BCUT2D eigenvalue weighted by atomic mass is 32.2. The van der Waals surface area contributed by atoms with Crippen LogP contribution in [0, 0.1) is 0 Å². The largest absolute Gasteiger partial charge is 0.341 e. The lowest BCUT2D eigenvalue weighted by Gasteiger charge is -2.21. The molecule has 1 fully saturated rings. The molecule has 1 aliphatic rings. The number of carbonyl (C=O) groups is 1. The van der Waals surface area contributed by atoms with Gasteiger partial charge in [-0.15, -0.1) is 0 Å². The van der Waals surface area contributed by atoms with Crippen molar-refractivity contribution in [3.05, 3.63) is 0 Å². The highest BCUT2D eigenvalue weighted by Crippen LogP contribution is 2.09. The molecule has 0 atom stereocenters. The van der Waals surface area contributed by atoms with Crippen LogP contribution in [-0.4, -0.2) is 67.5 Å². The van der Waals surface area contributed by atoms with Gasteiger partial charge in [0, 0.05) is 38.4 Å². The van der Waals surface area contributed by atoms with E-state index < -0.39 is 10.0 Å². The molecule has 0 unspecified atom stereocenters. The zero-order chi connectivity index (χ0) is 13.6. The summed E-state index contributed by atoms with van der Waals surface area (Å²) in [7, 11) is -3.13. The average molecular weight is 294 g/mol. The molecule has 1 saturated heterocycles. The lowest BCUT2D eigenvalue weighted by Crippen LogP contribution is -2.37. The maximum atomic E-state index is 11.9. The first-order chi connectivity index (χ1) is 8.45. The quantitative estimate of drug-likeness (QED) is 0.698. The molecule has 1 amide bonds. The van der Waals surface area contributed by atoms with Gasteiger partial charge < -0.3 is 4.90 Å². The summed E-state index contributed by atoms with van der Waals surface area (Å²) in [5.74, 6) is 2.02. The second kappa shape index (κ2) is 7.35. The molecular weight excluding hydrogens is 272 g/mol. The summed E-state index contributed by atoms with van der Waals surface area (Å²) in [6, 6.07) is 0. The summed E-state index contributed by atoms with van der Waals surface area (Å²) in [5.41, 5.74) is 0. The van der Waals surface area contributed by atoms with Crippen LogP contribution < -0.4 is 0 Å². The number of amides is 1. The molecule has 5 nitrogen and oxygen atoms in total. The molecule has 0 N–H and O–H groups in total. The number of hydrogen-bond acceptors (Lipinski definition) is 4. The van der Waals surface area contributed by atoms with Crippen molar-refractivity contribution in [1.29, 1.82) is 0 Å². The van der Waals surface area contributed by atoms with Gasteiger partial charge in [-0.25, -0.2) is 12.7 Å². The number of nitrogens with zero attached hydrogens (tertiary/aromatic N) is 2. The van der Waals surface area contributed by atoms with Crippen molar-refractivity contribution in [3.63, 3.8) is 0 Å². The first-order valence-electron chi connectivity index (χ1n) is 6.25. The summed E-state index contributed by atoms with van der Waals surface area (Å²) in [6.45, 7) is 4.20. The topological polar surface area (TPSA) is 57.7 Å². The smallest absolute Gasteiger partial charge is 0.223 e. The summed E-state index contributed by atoms with van der Waals surface area (Å²) < 4.78 is 24.4. The van der Waals surface area contributed by atoms with Crippen LogP contribution in [-0.2, 0) is 14.8 Å². The van der Waals surface area contributed by atoms with Crippen LogP contribution in [0.4, 0.5) is 0 Å². The van der Waals surface area contributed by atoms with Gasteiger partial charge in [-0.2, -0.15) is 11.8 Å². The third-order valence-electron chi connectivity index (χ3n) is 2.94. The van der Waals surface area contributed by atoms with Crippen LogP contribution in [0.25, 0.3) is 0 Å². The second-order valence-electron chi connectivity index (χ2n) is 4.34. The standard InChI is InChI=1S/C11H22N2O3S2/c1-3-17-10-5-11(14)12-6-4-7-13(9-8-12)18(2,15)16/h3-10H2,1-2H3.